The highest BCUT2D eigenvalue weighted by Crippen LogP contribution is 2.25. The molecule has 1 fully saturated rings. The maximum atomic E-state index is 5.63. The molecule has 0 aromatic carbocycles. The molecule has 2 rings (SSSR count). The molecule has 0 amide bonds. The highest BCUT2D eigenvalue weighted by Gasteiger charge is 2.23. The van der Waals surface area contributed by atoms with Gasteiger partial charge in [0.05, 0.1) is 24.9 Å². The Hall–Kier alpha value is -0.880. The number of ether oxygens (including phenoxy) is 2. The summed E-state index contributed by atoms with van der Waals surface area (Å²) < 4.78 is 11.1. The van der Waals surface area contributed by atoms with Crippen molar-refractivity contribution in [3.63, 3.8) is 0 Å². The van der Waals surface area contributed by atoms with Gasteiger partial charge in [-0.3, -0.25) is 0 Å². The molecule has 18 heavy (non-hydrogen) atoms. The third-order valence-corrected chi connectivity index (χ3v) is 3.62. The molecule has 0 spiro atoms. The second-order valence-corrected chi connectivity index (χ2v) is 4.80. The SMILES string of the molecule is CCOc1ncnc(N2CCOC(CBr)C2)c1C. The van der Waals surface area contributed by atoms with Crippen molar-refractivity contribution >= 4 is 21.7 Å². The van der Waals surface area contributed by atoms with E-state index in [1.54, 1.807) is 6.33 Å². The number of rotatable bonds is 4. The first-order chi connectivity index (χ1) is 8.76. The summed E-state index contributed by atoms with van der Waals surface area (Å²) in [6.45, 7) is 6.99. The van der Waals surface area contributed by atoms with Crippen LogP contribution in [0.5, 0.6) is 5.88 Å². The van der Waals surface area contributed by atoms with Gasteiger partial charge in [-0.15, -0.1) is 0 Å². The van der Waals surface area contributed by atoms with Crippen LogP contribution in [0.15, 0.2) is 6.33 Å². The van der Waals surface area contributed by atoms with E-state index < -0.39 is 0 Å². The predicted molar refractivity (Wildman–Crippen MR) is 73.7 cm³/mol. The lowest BCUT2D eigenvalue weighted by atomic mass is 10.2. The average Bonchev–Trinajstić information content (AvgIpc) is 2.41. The number of anilines is 1. The van der Waals surface area contributed by atoms with E-state index in [0.29, 0.717) is 12.5 Å². The molecular formula is C12H18BrN3O2. The minimum absolute atomic E-state index is 0.212. The number of alkyl halides is 1. The lowest BCUT2D eigenvalue weighted by Crippen LogP contribution is -2.44. The number of halogens is 1. The summed E-state index contributed by atoms with van der Waals surface area (Å²) in [6.07, 6.45) is 1.77. The number of hydrogen-bond acceptors (Lipinski definition) is 5. The fraction of sp³-hybridized carbons (Fsp3) is 0.667. The number of aromatic nitrogens is 2. The van der Waals surface area contributed by atoms with Gasteiger partial charge in [-0.25, -0.2) is 9.97 Å². The molecule has 1 atom stereocenters. The van der Waals surface area contributed by atoms with Gasteiger partial charge in [0.1, 0.15) is 12.1 Å². The van der Waals surface area contributed by atoms with Crippen LogP contribution in [0.2, 0.25) is 0 Å². The first-order valence-corrected chi connectivity index (χ1v) is 7.25. The van der Waals surface area contributed by atoms with Gasteiger partial charge in [0, 0.05) is 18.4 Å². The van der Waals surface area contributed by atoms with Crippen molar-refractivity contribution in [1.82, 2.24) is 9.97 Å². The summed E-state index contributed by atoms with van der Waals surface area (Å²) in [6, 6.07) is 0. The van der Waals surface area contributed by atoms with E-state index >= 15 is 0 Å². The van der Waals surface area contributed by atoms with E-state index in [1.807, 2.05) is 13.8 Å². The van der Waals surface area contributed by atoms with E-state index in [1.165, 1.54) is 0 Å². The zero-order chi connectivity index (χ0) is 13.0. The zero-order valence-electron chi connectivity index (χ0n) is 10.7. The highest BCUT2D eigenvalue weighted by atomic mass is 79.9. The topological polar surface area (TPSA) is 47.5 Å². The Labute approximate surface area is 116 Å². The molecule has 100 valence electrons. The van der Waals surface area contributed by atoms with Gasteiger partial charge in [0.25, 0.3) is 0 Å². The van der Waals surface area contributed by atoms with Crippen molar-refractivity contribution in [1.29, 1.82) is 0 Å². The highest BCUT2D eigenvalue weighted by molar-refractivity contribution is 9.09. The van der Waals surface area contributed by atoms with Crippen molar-refractivity contribution in [2.45, 2.75) is 20.0 Å². The molecule has 1 aromatic rings. The molecule has 0 radical (unpaired) electrons. The Morgan fingerprint density at radius 3 is 3.11 bits per heavy atom. The Morgan fingerprint density at radius 1 is 1.56 bits per heavy atom. The summed E-state index contributed by atoms with van der Waals surface area (Å²) in [4.78, 5) is 10.8. The minimum atomic E-state index is 0.212. The van der Waals surface area contributed by atoms with Crippen LogP contribution in [0, 0.1) is 6.92 Å². The summed E-state index contributed by atoms with van der Waals surface area (Å²) in [7, 11) is 0. The normalized spacial score (nSPS) is 19.9. The standard InChI is InChI=1S/C12H18BrN3O2/c1-3-17-12-9(2)11(14-8-15-12)16-4-5-18-10(6-13)7-16/h8,10H,3-7H2,1-2H3. The maximum absolute atomic E-state index is 5.63. The van der Waals surface area contributed by atoms with Crippen molar-refractivity contribution in [3.8, 4) is 5.88 Å². The summed E-state index contributed by atoms with van der Waals surface area (Å²) in [5.41, 5.74) is 0.995. The number of morpholine rings is 1. The minimum Gasteiger partial charge on any atom is -0.478 e. The molecule has 6 heteroatoms. The van der Waals surface area contributed by atoms with Crippen molar-refractivity contribution in [3.05, 3.63) is 11.9 Å². The van der Waals surface area contributed by atoms with E-state index in [9.17, 15) is 0 Å². The Kier molecular flexibility index (Phi) is 4.77. The molecule has 0 bridgehead atoms. The van der Waals surface area contributed by atoms with Gasteiger partial charge in [-0.2, -0.15) is 0 Å². The van der Waals surface area contributed by atoms with E-state index in [2.05, 4.69) is 30.8 Å². The molecule has 0 N–H and O–H groups in total. The predicted octanol–water partition coefficient (Wildman–Crippen LogP) is 1.78. The lowest BCUT2D eigenvalue weighted by Gasteiger charge is -2.33. The van der Waals surface area contributed by atoms with E-state index in [-0.39, 0.29) is 6.10 Å². The van der Waals surface area contributed by atoms with Crippen LogP contribution in [-0.4, -0.2) is 47.7 Å². The largest absolute Gasteiger partial charge is 0.478 e. The lowest BCUT2D eigenvalue weighted by molar-refractivity contribution is 0.0567. The van der Waals surface area contributed by atoms with Crippen LogP contribution in [0.4, 0.5) is 5.82 Å². The van der Waals surface area contributed by atoms with Crippen LogP contribution in [0.3, 0.4) is 0 Å². The van der Waals surface area contributed by atoms with Gasteiger partial charge >= 0.3 is 0 Å². The van der Waals surface area contributed by atoms with Crippen LogP contribution in [0.25, 0.3) is 0 Å². The summed E-state index contributed by atoms with van der Waals surface area (Å²) in [5.74, 6) is 1.62. The molecular weight excluding hydrogens is 298 g/mol. The monoisotopic (exact) mass is 315 g/mol. The first kappa shape index (κ1) is 13.5. The van der Waals surface area contributed by atoms with Crippen molar-refractivity contribution in [2.75, 3.05) is 36.5 Å². The molecule has 1 aliphatic rings. The number of hydrogen-bond donors (Lipinski definition) is 0. The smallest absolute Gasteiger partial charge is 0.221 e. The van der Waals surface area contributed by atoms with Gasteiger partial charge in [0.2, 0.25) is 5.88 Å². The first-order valence-electron chi connectivity index (χ1n) is 6.13. The zero-order valence-corrected chi connectivity index (χ0v) is 12.3. The molecule has 1 unspecified atom stereocenters. The molecule has 5 nitrogen and oxygen atoms in total. The Morgan fingerprint density at radius 2 is 2.39 bits per heavy atom. The van der Waals surface area contributed by atoms with Gasteiger partial charge < -0.3 is 14.4 Å². The Balaban J connectivity index is 2.19. The van der Waals surface area contributed by atoms with Crippen molar-refractivity contribution in [2.24, 2.45) is 0 Å². The average molecular weight is 316 g/mol. The van der Waals surface area contributed by atoms with Crippen LogP contribution in [0.1, 0.15) is 12.5 Å². The summed E-state index contributed by atoms with van der Waals surface area (Å²) in [5, 5.41) is 0.839. The van der Waals surface area contributed by atoms with E-state index in [4.69, 9.17) is 9.47 Å². The second-order valence-electron chi connectivity index (χ2n) is 4.15. The van der Waals surface area contributed by atoms with Crippen LogP contribution >= 0.6 is 15.9 Å². The third-order valence-electron chi connectivity index (χ3n) is 2.90. The fourth-order valence-electron chi connectivity index (χ4n) is 2.03. The van der Waals surface area contributed by atoms with Gasteiger partial charge in [-0.05, 0) is 13.8 Å². The fourth-order valence-corrected chi connectivity index (χ4v) is 2.42. The Bertz CT molecular complexity index is 403. The molecule has 2 heterocycles. The van der Waals surface area contributed by atoms with E-state index in [0.717, 1.165) is 36.4 Å². The maximum Gasteiger partial charge on any atom is 0.221 e. The molecule has 1 aliphatic heterocycles. The van der Waals surface area contributed by atoms with Crippen molar-refractivity contribution < 1.29 is 9.47 Å². The van der Waals surface area contributed by atoms with Crippen LogP contribution < -0.4 is 9.64 Å². The molecule has 0 saturated carbocycles. The third kappa shape index (κ3) is 2.92. The van der Waals surface area contributed by atoms with Crippen LogP contribution in [-0.2, 0) is 4.74 Å². The number of nitrogens with zero attached hydrogens (tertiary/aromatic N) is 3. The van der Waals surface area contributed by atoms with Gasteiger partial charge in [0.15, 0.2) is 0 Å². The molecule has 0 aliphatic carbocycles. The molecule has 1 aromatic heterocycles. The summed E-state index contributed by atoms with van der Waals surface area (Å²) >= 11 is 3.46. The quantitative estimate of drug-likeness (QED) is 0.793. The molecule has 1 saturated heterocycles. The second kappa shape index (κ2) is 6.33. The van der Waals surface area contributed by atoms with Gasteiger partial charge in [-0.1, -0.05) is 15.9 Å².